The summed E-state index contributed by atoms with van der Waals surface area (Å²) < 4.78 is 44.2. The molecule has 2 heterocycles. The summed E-state index contributed by atoms with van der Waals surface area (Å²) in [6, 6.07) is 5.25. The van der Waals surface area contributed by atoms with Crippen molar-refractivity contribution in [3.8, 4) is 11.5 Å². The van der Waals surface area contributed by atoms with Crippen LogP contribution in [0.1, 0.15) is 24.0 Å². The van der Waals surface area contributed by atoms with Crippen molar-refractivity contribution in [1.29, 1.82) is 0 Å². The second kappa shape index (κ2) is 9.65. The molecule has 1 fully saturated rings. The first-order valence-corrected chi connectivity index (χ1v) is 11.2. The number of aromatic hydroxyl groups is 1. The van der Waals surface area contributed by atoms with E-state index in [0.717, 1.165) is 18.4 Å². The van der Waals surface area contributed by atoms with Gasteiger partial charge in [0.15, 0.2) is 5.75 Å². The molecule has 0 radical (unpaired) electrons. The number of nitrogens with zero attached hydrogens (tertiary/aromatic N) is 3. The fourth-order valence-electron chi connectivity index (χ4n) is 4.17. The highest BCUT2D eigenvalue weighted by molar-refractivity contribution is 6.32. The first-order valence-electron chi connectivity index (χ1n) is 10.8. The second-order valence-corrected chi connectivity index (χ2v) is 8.52. The molecule has 0 aliphatic carbocycles. The maximum absolute atomic E-state index is 13.0. The number of phenolic OH excluding ortho intramolecular Hbond substituents is 1. The average Bonchev–Trinajstić information content (AvgIpc) is 3.34. The first-order chi connectivity index (χ1) is 16.6. The number of carbonyl (C=O) groups excluding carboxylic acids is 1. The Morgan fingerprint density at radius 2 is 1.97 bits per heavy atom. The van der Waals surface area contributed by atoms with Gasteiger partial charge in [-0.2, -0.15) is 13.2 Å². The summed E-state index contributed by atoms with van der Waals surface area (Å²) in [7, 11) is 1.51. The molecule has 0 saturated carbocycles. The van der Waals surface area contributed by atoms with E-state index in [-0.39, 0.29) is 16.9 Å². The van der Waals surface area contributed by atoms with E-state index in [2.05, 4.69) is 15.3 Å². The number of fused-ring (bicyclic) bond motifs is 1. The van der Waals surface area contributed by atoms with Crippen LogP contribution in [0, 0.1) is 6.92 Å². The van der Waals surface area contributed by atoms with Crippen LogP contribution in [0.5, 0.6) is 11.5 Å². The van der Waals surface area contributed by atoms with Crippen molar-refractivity contribution < 1.29 is 27.8 Å². The number of amides is 1. The summed E-state index contributed by atoms with van der Waals surface area (Å²) >= 11 is 6.20. The molecule has 1 aliphatic heterocycles. The number of ether oxygens (including phenoxy) is 1. The van der Waals surface area contributed by atoms with Crippen molar-refractivity contribution in [3.05, 3.63) is 40.7 Å². The van der Waals surface area contributed by atoms with Crippen LogP contribution in [0.4, 0.5) is 30.4 Å². The zero-order chi connectivity index (χ0) is 25.3. The maximum atomic E-state index is 13.0. The topological polar surface area (TPSA) is 99.6 Å². The number of hydrogen-bond donors (Lipinski definition) is 3. The number of aromatic nitrogens is 2. The first kappa shape index (κ1) is 24.6. The molecule has 3 aromatic rings. The van der Waals surface area contributed by atoms with Crippen LogP contribution < -0.4 is 20.3 Å². The van der Waals surface area contributed by atoms with E-state index in [1.54, 1.807) is 12.1 Å². The number of carbonyl (C=O) groups is 1. The minimum absolute atomic E-state index is 0.203. The molecule has 1 saturated heterocycles. The summed E-state index contributed by atoms with van der Waals surface area (Å²) in [6.45, 7) is 2.98. The number of phenols is 1. The van der Waals surface area contributed by atoms with E-state index in [0.29, 0.717) is 47.1 Å². The lowest BCUT2D eigenvalue weighted by Crippen LogP contribution is -2.30. The molecule has 3 N–H and O–H groups in total. The van der Waals surface area contributed by atoms with Gasteiger partial charge in [0.05, 0.1) is 23.2 Å². The highest BCUT2D eigenvalue weighted by Gasteiger charge is 2.40. The number of anilines is 3. The molecule has 2 aromatic carbocycles. The van der Waals surface area contributed by atoms with Crippen molar-refractivity contribution in [2.45, 2.75) is 32.5 Å². The summed E-state index contributed by atoms with van der Waals surface area (Å²) in [5.41, 5.74) is 1.32. The van der Waals surface area contributed by atoms with Crippen molar-refractivity contribution in [2.75, 3.05) is 35.7 Å². The normalized spacial score (nSPS) is 13.8. The lowest BCUT2D eigenvalue weighted by Gasteiger charge is -2.25. The minimum Gasteiger partial charge on any atom is -0.504 e. The smallest absolute Gasteiger partial charge is 0.471 e. The third-order valence-electron chi connectivity index (χ3n) is 5.88. The van der Waals surface area contributed by atoms with Crippen LogP contribution in [-0.4, -0.2) is 47.4 Å². The van der Waals surface area contributed by atoms with Crippen LogP contribution in [0.2, 0.25) is 5.02 Å². The molecule has 35 heavy (non-hydrogen) atoms. The molecule has 8 nitrogen and oxygen atoms in total. The standard InChI is InChI=1S/C23H23ClF3N5O3/c1-12-16-18(29-11-30-21(16)28-10-13-5-6-15(35-2)14(24)9-13)19(32-7-3-4-8-32)20(33)17(12)31-22(34)23(25,26)27/h5-6,9,11,33H,3-4,7-8,10H2,1-2H3,(H,31,34)(H,28,29,30). The number of nitrogens with one attached hydrogen (secondary N) is 2. The molecule has 12 heteroatoms. The van der Waals surface area contributed by atoms with Gasteiger partial charge in [0, 0.05) is 19.6 Å². The van der Waals surface area contributed by atoms with E-state index >= 15 is 0 Å². The second-order valence-electron chi connectivity index (χ2n) is 8.11. The van der Waals surface area contributed by atoms with Gasteiger partial charge >= 0.3 is 12.1 Å². The van der Waals surface area contributed by atoms with Gasteiger partial charge in [-0.1, -0.05) is 17.7 Å². The molecule has 1 amide bonds. The lowest BCUT2D eigenvalue weighted by molar-refractivity contribution is -0.167. The Bertz CT molecular complexity index is 1280. The molecule has 0 unspecified atom stereocenters. The molecule has 0 atom stereocenters. The van der Waals surface area contributed by atoms with Crippen LogP contribution in [0.3, 0.4) is 0 Å². The zero-order valence-corrected chi connectivity index (χ0v) is 19.7. The lowest BCUT2D eigenvalue weighted by atomic mass is 10.0. The van der Waals surface area contributed by atoms with Gasteiger partial charge in [-0.15, -0.1) is 0 Å². The van der Waals surface area contributed by atoms with Crippen LogP contribution in [-0.2, 0) is 11.3 Å². The predicted octanol–water partition coefficient (Wildman–Crippen LogP) is 5.02. The quantitative estimate of drug-likeness (QED) is 0.401. The number of halogens is 4. The summed E-state index contributed by atoms with van der Waals surface area (Å²) in [5.74, 6) is -1.78. The Labute approximate surface area is 204 Å². The molecule has 186 valence electrons. The monoisotopic (exact) mass is 509 g/mol. The van der Waals surface area contributed by atoms with Gasteiger partial charge in [0.25, 0.3) is 0 Å². The molecule has 0 bridgehead atoms. The zero-order valence-electron chi connectivity index (χ0n) is 19.0. The fraction of sp³-hybridized carbons (Fsp3) is 0.348. The van der Waals surface area contributed by atoms with E-state index in [1.807, 2.05) is 16.3 Å². The van der Waals surface area contributed by atoms with Crippen LogP contribution >= 0.6 is 11.6 Å². The predicted molar refractivity (Wildman–Crippen MR) is 127 cm³/mol. The van der Waals surface area contributed by atoms with Crippen molar-refractivity contribution in [1.82, 2.24) is 9.97 Å². The number of alkyl halides is 3. The molecule has 1 aliphatic rings. The minimum atomic E-state index is -5.12. The number of aryl methyl sites for hydroxylation is 1. The van der Waals surface area contributed by atoms with E-state index in [9.17, 15) is 23.1 Å². The molecule has 4 rings (SSSR count). The van der Waals surface area contributed by atoms with Crippen molar-refractivity contribution >= 4 is 45.6 Å². The van der Waals surface area contributed by atoms with Gasteiger partial charge in [0.1, 0.15) is 29.1 Å². The number of methoxy groups -OCH3 is 1. The molecule has 1 aromatic heterocycles. The highest BCUT2D eigenvalue weighted by Crippen LogP contribution is 2.46. The van der Waals surface area contributed by atoms with E-state index < -0.39 is 17.8 Å². The summed E-state index contributed by atoms with van der Waals surface area (Å²) in [4.78, 5) is 22.2. The van der Waals surface area contributed by atoms with Gasteiger partial charge in [0.2, 0.25) is 0 Å². The molecular formula is C23H23ClF3N5O3. The third-order valence-corrected chi connectivity index (χ3v) is 6.17. The van der Waals surface area contributed by atoms with Gasteiger partial charge in [-0.3, -0.25) is 4.79 Å². The Hall–Kier alpha value is -3.47. The number of hydrogen-bond acceptors (Lipinski definition) is 7. The summed E-state index contributed by atoms with van der Waals surface area (Å²) in [5, 5.41) is 16.8. The van der Waals surface area contributed by atoms with Gasteiger partial charge in [-0.05, 0) is 43.0 Å². The average molecular weight is 510 g/mol. The summed E-state index contributed by atoms with van der Waals surface area (Å²) in [6.07, 6.45) is -2.09. The fourth-order valence-corrected chi connectivity index (χ4v) is 4.45. The van der Waals surface area contributed by atoms with Crippen LogP contribution in [0.15, 0.2) is 24.5 Å². The highest BCUT2D eigenvalue weighted by atomic mass is 35.5. The Balaban J connectivity index is 1.81. The van der Waals surface area contributed by atoms with Gasteiger partial charge in [-0.25, -0.2) is 9.97 Å². The van der Waals surface area contributed by atoms with Crippen molar-refractivity contribution in [3.63, 3.8) is 0 Å². The maximum Gasteiger partial charge on any atom is 0.471 e. The van der Waals surface area contributed by atoms with Crippen LogP contribution in [0.25, 0.3) is 10.9 Å². The largest absolute Gasteiger partial charge is 0.504 e. The SMILES string of the molecule is COc1ccc(CNc2ncnc3c(N4CCCC4)c(O)c(NC(=O)C(F)(F)F)c(C)c23)cc1Cl. The third kappa shape index (κ3) is 4.86. The number of benzene rings is 2. The molecule has 0 spiro atoms. The van der Waals surface area contributed by atoms with E-state index in [4.69, 9.17) is 16.3 Å². The van der Waals surface area contributed by atoms with Crippen molar-refractivity contribution in [2.24, 2.45) is 0 Å². The Morgan fingerprint density at radius 3 is 2.60 bits per heavy atom. The van der Waals surface area contributed by atoms with E-state index in [1.165, 1.54) is 20.4 Å². The Morgan fingerprint density at radius 1 is 1.26 bits per heavy atom. The van der Waals surface area contributed by atoms with Gasteiger partial charge < -0.3 is 25.4 Å². The Kier molecular flexibility index (Phi) is 6.79. The molecular weight excluding hydrogens is 487 g/mol. The number of rotatable bonds is 6.